The number of anilines is 2. The molecule has 2 rings (SSSR count). The van der Waals surface area contributed by atoms with E-state index >= 15 is 0 Å². The number of hydrogen-bond acceptors (Lipinski definition) is 2. The highest BCUT2D eigenvalue weighted by Crippen LogP contribution is 2.25. The molecule has 3 nitrogen and oxygen atoms in total. The summed E-state index contributed by atoms with van der Waals surface area (Å²) < 4.78 is 0. The summed E-state index contributed by atoms with van der Waals surface area (Å²) in [6.07, 6.45) is 5.19. The summed E-state index contributed by atoms with van der Waals surface area (Å²) in [4.78, 5) is 11.2. The molecule has 0 aliphatic carbocycles. The van der Waals surface area contributed by atoms with Crippen molar-refractivity contribution in [2.75, 3.05) is 17.2 Å². The number of fused-ring (bicyclic) bond motifs is 1. The maximum atomic E-state index is 11.2. The average Bonchev–Trinajstić information content (AvgIpc) is 2.35. The van der Waals surface area contributed by atoms with Crippen LogP contribution in [-0.4, -0.2) is 12.5 Å². The van der Waals surface area contributed by atoms with Crippen LogP contribution < -0.4 is 10.6 Å². The van der Waals surface area contributed by atoms with Crippen LogP contribution in [-0.2, 0) is 11.2 Å². The highest BCUT2D eigenvalue weighted by molar-refractivity contribution is 5.94. The lowest BCUT2D eigenvalue weighted by atomic mass is 10.0. The number of unbranched alkanes of at least 4 members (excludes halogenated alkanes) is 2. The number of carbonyl (C=O) groups excluding carboxylic acids is 1. The van der Waals surface area contributed by atoms with Gasteiger partial charge in [-0.1, -0.05) is 19.8 Å². The summed E-state index contributed by atoms with van der Waals surface area (Å²) in [5.41, 5.74) is 3.38. The summed E-state index contributed by atoms with van der Waals surface area (Å²) in [5, 5.41) is 6.32. The first-order chi connectivity index (χ1) is 8.29. The molecule has 1 amide bonds. The minimum absolute atomic E-state index is 0.126. The summed E-state index contributed by atoms with van der Waals surface area (Å²) in [7, 11) is 0. The summed E-state index contributed by atoms with van der Waals surface area (Å²) in [6, 6.07) is 6.19. The van der Waals surface area contributed by atoms with Gasteiger partial charge in [0.1, 0.15) is 0 Å². The normalized spacial score (nSPS) is 14.1. The molecule has 0 atom stereocenters. The van der Waals surface area contributed by atoms with E-state index in [1.807, 2.05) is 12.1 Å². The lowest BCUT2D eigenvalue weighted by Gasteiger charge is -2.18. The van der Waals surface area contributed by atoms with Crippen LogP contribution in [0.5, 0.6) is 0 Å². The van der Waals surface area contributed by atoms with Gasteiger partial charge in [-0.15, -0.1) is 0 Å². The van der Waals surface area contributed by atoms with Gasteiger partial charge in [-0.2, -0.15) is 0 Å². The van der Waals surface area contributed by atoms with Crippen molar-refractivity contribution in [3.63, 3.8) is 0 Å². The molecule has 92 valence electrons. The smallest absolute Gasteiger partial charge is 0.224 e. The molecule has 0 fully saturated rings. The number of rotatable bonds is 5. The fourth-order valence-corrected chi connectivity index (χ4v) is 2.10. The van der Waals surface area contributed by atoms with Crippen molar-refractivity contribution in [1.29, 1.82) is 0 Å². The van der Waals surface area contributed by atoms with Gasteiger partial charge in [-0.3, -0.25) is 4.79 Å². The second-order valence-corrected chi connectivity index (χ2v) is 4.55. The van der Waals surface area contributed by atoms with Crippen molar-refractivity contribution >= 4 is 17.3 Å². The van der Waals surface area contributed by atoms with Crippen LogP contribution in [0.4, 0.5) is 11.4 Å². The topological polar surface area (TPSA) is 41.1 Å². The van der Waals surface area contributed by atoms with Crippen LogP contribution in [0.3, 0.4) is 0 Å². The molecule has 1 aliphatic rings. The number of aryl methyl sites for hydroxylation is 1. The Morgan fingerprint density at radius 1 is 1.29 bits per heavy atom. The zero-order valence-corrected chi connectivity index (χ0v) is 10.4. The monoisotopic (exact) mass is 232 g/mol. The van der Waals surface area contributed by atoms with E-state index in [1.165, 1.54) is 24.8 Å². The molecule has 17 heavy (non-hydrogen) atoms. The van der Waals surface area contributed by atoms with Crippen molar-refractivity contribution in [3.8, 4) is 0 Å². The molecule has 0 saturated heterocycles. The number of amides is 1. The summed E-state index contributed by atoms with van der Waals surface area (Å²) >= 11 is 0. The van der Waals surface area contributed by atoms with Gasteiger partial charge in [0.25, 0.3) is 0 Å². The minimum atomic E-state index is 0.126. The highest BCUT2D eigenvalue weighted by Gasteiger charge is 2.14. The predicted molar refractivity (Wildman–Crippen MR) is 71.4 cm³/mol. The van der Waals surface area contributed by atoms with Gasteiger partial charge in [0, 0.05) is 24.3 Å². The Morgan fingerprint density at radius 2 is 2.18 bits per heavy atom. The van der Waals surface area contributed by atoms with Crippen molar-refractivity contribution in [3.05, 3.63) is 23.8 Å². The molecule has 0 unspecified atom stereocenters. The van der Waals surface area contributed by atoms with Crippen molar-refractivity contribution in [1.82, 2.24) is 0 Å². The molecule has 1 aliphatic heterocycles. The maximum absolute atomic E-state index is 11.2. The van der Waals surface area contributed by atoms with Gasteiger partial charge in [-0.25, -0.2) is 0 Å². The van der Waals surface area contributed by atoms with Crippen molar-refractivity contribution < 1.29 is 4.79 Å². The highest BCUT2D eigenvalue weighted by atomic mass is 16.1. The number of nitrogens with one attached hydrogen (secondary N) is 2. The number of carbonyl (C=O) groups is 1. The molecule has 0 aromatic heterocycles. The molecule has 2 N–H and O–H groups in total. The number of hydrogen-bond donors (Lipinski definition) is 2. The second kappa shape index (κ2) is 5.71. The van der Waals surface area contributed by atoms with Gasteiger partial charge in [0.2, 0.25) is 5.91 Å². The molecule has 0 radical (unpaired) electrons. The number of benzene rings is 1. The molecule has 0 spiro atoms. The quantitative estimate of drug-likeness (QED) is 0.766. The molecule has 1 aromatic carbocycles. The minimum Gasteiger partial charge on any atom is -0.385 e. The van der Waals surface area contributed by atoms with E-state index in [1.54, 1.807) is 0 Å². The van der Waals surface area contributed by atoms with E-state index in [-0.39, 0.29) is 5.91 Å². The standard InChI is InChI=1S/C14H20N2O/c1-2-3-4-9-15-12-6-7-13-11(10-12)5-8-14(17)16-13/h6-7,10,15H,2-5,8-9H2,1H3,(H,16,17). The fraction of sp³-hybridized carbons (Fsp3) is 0.500. The SMILES string of the molecule is CCCCCNc1ccc2c(c1)CCC(=O)N2. The van der Waals surface area contributed by atoms with E-state index in [0.29, 0.717) is 6.42 Å². The van der Waals surface area contributed by atoms with E-state index in [4.69, 9.17) is 0 Å². The third-order valence-corrected chi connectivity index (χ3v) is 3.11. The molecule has 1 aromatic rings. The largest absolute Gasteiger partial charge is 0.385 e. The van der Waals surface area contributed by atoms with Crippen molar-refractivity contribution in [2.24, 2.45) is 0 Å². The van der Waals surface area contributed by atoms with Gasteiger partial charge >= 0.3 is 0 Å². The molecule has 0 saturated carbocycles. The molecule has 0 bridgehead atoms. The first-order valence-electron chi connectivity index (χ1n) is 6.46. The van der Waals surface area contributed by atoms with E-state index in [0.717, 1.165) is 24.3 Å². The van der Waals surface area contributed by atoms with Crippen LogP contribution >= 0.6 is 0 Å². The first-order valence-corrected chi connectivity index (χ1v) is 6.46. The Bertz CT molecular complexity index is 401. The van der Waals surface area contributed by atoms with E-state index in [9.17, 15) is 4.79 Å². The van der Waals surface area contributed by atoms with Crippen LogP contribution in [0.1, 0.15) is 38.2 Å². The van der Waals surface area contributed by atoms with E-state index in [2.05, 4.69) is 23.6 Å². The van der Waals surface area contributed by atoms with Crippen LogP contribution in [0.25, 0.3) is 0 Å². The van der Waals surface area contributed by atoms with Crippen molar-refractivity contribution in [2.45, 2.75) is 39.0 Å². The molecular weight excluding hydrogens is 212 g/mol. The van der Waals surface area contributed by atoms with Crippen LogP contribution in [0.2, 0.25) is 0 Å². The molecule has 3 heteroatoms. The Hall–Kier alpha value is -1.51. The second-order valence-electron chi connectivity index (χ2n) is 4.55. The Kier molecular flexibility index (Phi) is 4.02. The lowest BCUT2D eigenvalue weighted by molar-refractivity contribution is -0.116. The predicted octanol–water partition coefficient (Wildman–Crippen LogP) is 3.17. The first kappa shape index (κ1) is 12.0. The van der Waals surface area contributed by atoms with Gasteiger partial charge < -0.3 is 10.6 Å². The average molecular weight is 232 g/mol. The zero-order valence-electron chi connectivity index (χ0n) is 10.4. The third kappa shape index (κ3) is 3.22. The summed E-state index contributed by atoms with van der Waals surface area (Å²) in [5.74, 6) is 0.126. The third-order valence-electron chi connectivity index (χ3n) is 3.11. The van der Waals surface area contributed by atoms with Gasteiger partial charge in [0.05, 0.1) is 0 Å². The Morgan fingerprint density at radius 3 is 3.00 bits per heavy atom. The lowest BCUT2D eigenvalue weighted by Crippen LogP contribution is -2.19. The van der Waals surface area contributed by atoms with Crippen LogP contribution in [0.15, 0.2) is 18.2 Å². The maximum Gasteiger partial charge on any atom is 0.224 e. The van der Waals surface area contributed by atoms with Crippen LogP contribution in [0, 0.1) is 0 Å². The Labute approximate surface area is 103 Å². The van der Waals surface area contributed by atoms with E-state index < -0.39 is 0 Å². The summed E-state index contributed by atoms with van der Waals surface area (Å²) in [6.45, 7) is 3.24. The molecule has 1 heterocycles. The zero-order chi connectivity index (χ0) is 12.1. The Balaban J connectivity index is 1.94. The molecular formula is C14H20N2O. The van der Waals surface area contributed by atoms with Gasteiger partial charge in [-0.05, 0) is 36.6 Å². The fourth-order valence-electron chi connectivity index (χ4n) is 2.10. The van der Waals surface area contributed by atoms with Gasteiger partial charge in [0.15, 0.2) is 0 Å².